The smallest absolute Gasteiger partial charge is 0.244 e. The van der Waals surface area contributed by atoms with Crippen molar-refractivity contribution in [2.45, 2.75) is 51.0 Å². The quantitative estimate of drug-likeness (QED) is 0.636. The molecule has 164 valence electrons. The summed E-state index contributed by atoms with van der Waals surface area (Å²) in [5.41, 5.74) is 0. The second-order valence-corrected chi connectivity index (χ2v) is 13.0. The third-order valence-corrected chi connectivity index (χ3v) is 10.7. The van der Waals surface area contributed by atoms with E-state index >= 15 is 0 Å². The Morgan fingerprint density at radius 2 is 1.76 bits per heavy atom. The Balaban J connectivity index is 1.67. The Labute approximate surface area is 177 Å². The van der Waals surface area contributed by atoms with Gasteiger partial charge in [0.05, 0.1) is 10.6 Å². The minimum atomic E-state index is -3.58. The van der Waals surface area contributed by atoms with Crippen molar-refractivity contribution in [2.24, 2.45) is 0 Å². The second-order valence-electron chi connectivity index (χ2n) is 7.59. The van der Waals surface area contributed by atoms with Gasteiger partial charge in [-0.3, -0.25) is 4.79 Å². The number of nitrogens with zero attached hydrogens (tertiary/aromatic N) is 3. The molecule has 1 aromatic rings. The molecule has 1 amide bonds. The van der Waals surface area contributed by atoms with E-state index in [4.69, 9.17) is 0 Å². The first-order valence-electron chi connectivity index (χ1n) is 9.93. The largest absolute Gasteiger partial charge is 0.339 e. The van der Waals surface area contributed by atoms with Gasteiger partial charge in [-0.1, -0.05) is 6.92 Å². The predicted molar refractivity (Wildman–Crippen MR) is 113 cm³/mol. The van der Waals surface area contributed by atoms with Crippen LogP contribution < -0.4 is 0 Å². The molecule has 1 aromatic heterocycles. The number of rotatable bonds is 6. The van der Waals surface area contributed by atoms with Gasteiger partial charge in [0.1, 0.15) is 6.04 Å². The minimum absolute atomic E-state index is 0.0439. The summed E-state index contributed by atoms with van der Waals surface area (Å²) in [7, 11) is -7.02. The molecule has 1 atom stereocenters. The molecule has 3 heterocycles. The molecule has 0 bridgehead atoms. The van der Waals surface area contributed by atoms with Crippen molar-refractivity contribution in [2.75, 3.05) is 38.5 Å². The van der Waals surface area contributed by atoms with E-state index in [1.54, 1.807) is 24.8 Å². The van der Waals surface area contributed by atoms with Crippen molar-refractivity contribution in [3.05, 3.63) is 15.8 Å². The monoisotopic (exact) mass is 463 g/mol. The lowest BCUT2D eigenvalue weighted by Gasteiger charge is -2.36. The van der Waals surface area contributed by atoms with Gasteiger partial charge >= 0.3 is 0 Å². The Hall–Kier alpha value is -1.01. The highest BCUT2D eigenvalue weighted by molar-refractivity contribution is 7.89. The maximum atomic E-state index is 13.0. The predicted octanol–water partition coefficient (Wildman–Crippen LogP) is 1.40. The van der Waals surface area contributed by atoms with Gasteiger partial charge in [0, 0.05) is 42.5 Å². The molecule has 2 saturated heterocycles. The van der Waals surface area contributed by atoms with Crippen LogP contribution in [0.15, 0.2) is 11.0 Å². The summed E-state index contributed by atoms with van der Waals surface area (Å²) in [6, 6.07) is 1.04. The topological polar surface area (TPSA) is 95.1 Å². The summed E-state index contributed by atoms with van der Waals surface area (Å²) in [6.45, 7) is 6.86. The van der Waals surface area contributed by atoms with Crippen LogP contribution in [0.5, 0.6) is 0 Å². The standard InChI is InChI=1S/C18H29N3O5S3/c1-4-12-28(23,24)21-7-5-6-16(21)18(22)19-8-10-20(11-9-19)29(25,26)17-13-14(2)27-15(17)3/h13,16H,4-12H2,1-3H3. The van der Waals surface area contributed by atoms with Crippen LogP contribution in [0.2, 0.25) is 0 Å². The molecule has 8 nitrogen and oxygen atoms in total. The summed E-state index contributed by atoms with van der Waals surface area (Å²) >= 11 is 1.46. The van der Waals surface area contributed by atoms with Crippen LogP contribution in [0.4, 0.5) is 0 Å². The van der Waals surface area contributed by atoms with E-state index in [1.807, 2.05) is 6.92 Å². The van der Waals surface area contributed by atoms with E-state index in [9.17, 15) is 21.6 Å². The van der Waals surface area contributed by atoms with E-state index in [0.717, 1.165) is 9.75 Å². The molecule has 2 fully saturated rings. The van der Waals surface area contributed by atoms with Crippen LogP contribution in [0.25, 0.3) is 0 Å². The highest BCUT2D eigenvalue weighted by atomic mass is 32.2. The van der Waals surface area contributed by atoms with Crippen molar-refractivity contribution in [1.29, 1.82) is 0 Å². The van der Waals surface area contributed by atoms with Gasteiger partial charge in [-0.25, -0.2) is 16.8 Å². The van der Waals surface area contributed by atoms with Crippen molar-refractivity contribution in [3.8, 4) is 0 Å². The number of thiophene rings is 1. The van der Waals surface area contributed by atoms with Crippen molar-refractivity contribution >= 4 is 37.3 Å². The zero-order valence-corrected chi connectivity index (χ0v) is 19.6. The number of aryl methyl sites for hydroxylation is 2. The molecular formula is C18H29N3O5S3. The number of hydrogen-bond acceptors (Lipinski definition) is 6. The van der Waals surface area contributed by atoms with Crippen LogP contribution in [0, 0.1) is 13.8 Å². The summed E-state index contributed by atoms with van der Waals surface area (Å²) in [6.07, 6.45) is 1.70. The Morgan fingerprint density at radius 3 is 2.31 bits per heavy atom. The van der Waals surface area contributed by atoms with E-state index < -0.39 is 26.1 Å². The summed E-state index contributed by atoms with van der Waals surface area (Å²) < 4.78 is 53.6. The van der Waals surface area contributed by atoms with Crippen LogP contribution in [-0.2, 0) is 24.8 Å². The molecule has 0 N–H and O–H groups in total. The lowest BCUT2D eigenvalue weighted by atomic mass is 10.2. The molecule has 2 aliphatic rings. The molecule has 2 aliphatic heterocycles. The zero-order valence-electron chi connectivity index (χ0n) is 17.1. The third kappa shape index (κ3) is 4.53. The van der Waals surface area contributed by atoms with Gasteiger partial charge in [0.15, 0.2) is 0 Å². The molecule has 0 aromatic carbocycles. The first-order valence-corrected chi connectivity index (χ1v) is 13.8. The number of carbonyl (C=O) groups excluding carboxylic acids is 1. The first-order chi connectivity index (χ1) is 13.6. The Bertz CT molecular complexity index is 963. The van der Waals surface area contributed by atoms with E-state index in [-0.39, 0.29) is 37.8 Å². The van der Waals surface area contributed by atoms with Gasteiger partial charge in [-0.15, -0.1) is 11.3 Å². The fourth-order valence-electron chi connectivity index (χ4n) is 4.06. The summed E-state index contributed by atoms with van der Waals surface area (Å²) in [5, 5.41) is 0. The summed E-state index contributed by atoms with van der Waals surface area (Å²) in [5.74, 6) is -0.163. The molecule has 0 radical (unpaired) electrons. The summed E-state index contributed by atoms with van der Waals surface area (Å²) in [4.78, 5) is 16.7. The van der Waals surface area contributed by atoms with Crippen molar-refractivity contribution in [1.82, 2.24) is 13.5 Å². The highest BCUT2D eigenvalue weighted by Crippen LogP contribution is 2.29. The fourth-order valence-corrected chi connectivity index (χ4v) is 8.74. The van der Waals surface area contributed by atoms with Gasteiger partial charge in [0.25, 0.3) is 0 Å². The van der Waals surface area contributed by atoms with Crippen LogP contribution in [0.3, 0.4) is 0 Å². The van der Waals surface area contributed by atoms with Gasteiger partial charge in [0.2, 0.25) is 26.0 Å². The highest BCUT2D eigenvalue weighted by Gasteiger charge is 2.41. The maximum absolute atomic E-state index is 13.0. The van der Waals surface area contributed by atoms with Gasteiger partial charge < -0.3 is 4.90 Å². The Kier molecular flexibility index (Phi) is 6.74. The van der Waals surface area contributed by atoms with E-state index in [1.165, 1.54) is 19.9 Å². The van der Waals surface area contributed by atoms with Crippen molar-refractivity contribution < 1.29 is 21.6 Å². The SMILES string of the molecule is CCCS(=O)(=O)N1CCCC1C(=O)N1CCN(S(=O)(=O)c2cc(C)sc2C)CC1. The van der Waals surface area contributed by atoms with Crippen LogP contribution in [0.1, 0.15) is 35.9 Å². The average Bonchev–Trinajstić information content (AvgIpc) is 3.28. The molecule has 0 saturated carbocycles. The van der Waals surface area contributed by atoms with Crippen molar-refractivity contribution in [3.63, 3.8) is 0 Å². The average molecular weight is 464 g/mol. The molecule has 29 heavy (non-hydrogen) atoms. The van der Waals surface area contributed by atoms with Crippen LogP contribution >= 0.6 is 11.3 Å². The molecule has 3 rings (SSSR count). The number of amides is 1. The lowest BCUT2D eigenvalue weighted by molar-refractivity contribution is -0.135. The third-order valence-electron chi connectivity index (χ3n) is 5.47. The molecule has 11 heteroatoms. The maximum Gasteiger partial charge on any atom is 0.244 e. The van der Waals surface area contributed by atoms with Gasteiger partial charge in [-0.05, 0) is 39.2 Å². The Morgan fingerprint density at radius 1 is 1.10 bits per heavy atom. The fraction of sp³-hybridized carbons (Fsp3) is 0.722. The molecule has 1 unspecified atom stereocenters. The molecule has 0 aliphatic carbocycles. The minimum Gasteiger partial charge on any atom is -0.339 e. The zero-order chi connectivity index (χ0) is 21.4. The normalized spacial score (nSPS) is 22.3. The number of carbonyl (C=O) groups is 1. The number of sulfonamides is 2. The van der Waals surface area contributed by atoms with Gasteiger partial charge in [-0.2, -0.15) is 8.61 Å². The molecule has 0 spiro atoms. The number of hydrogen-bond donors (Lipinski definition) is 0. The number of piperazine rings is 1. The lowest BCUT2D eigenvalue weighted by Crippen LogP contribution is -2.55. The van der Waals surface area contributed by atoms with Crippen LogP contribution in [-0.4, -0.2) is 80.8 Å². The second kappa shape index (κ2) is 8.62. The van der Waals surface area contributed by atoms with E-state index in [2.05, 4.69) is 0 Å². The first kappa shape index (κ1) is 22.7. The molecular weight excluding hydrogens is 434 g/mol. The van der Waals surface area contributed by atoms with E-state index in [0.29, 0.717) is 30.7 Å².